The molecular weight excluding hydrogens is 268 g/mol. The van der Waals surface area contributed by atoms with Gasteiger partial charge < -0.3 is 11.1 Å². The Labute approximate surface area is 120 Å². The molecule has 19 heavy (non-hydrogen) atoms. The number of nitrogens with one attached hydrogen (secondary N) is 2. The number of hydrogen-bond acceptors (Lipinski definition) is 4. The van der Waals surface area contributed by atoms with Crippen molar-refractivity contribution in [3.63, 3.8) is 0 Å². The molecule has 0 spiro atoms. The van der Waals surface area contributed by atoms with E-state index in [1.807, 2.05) is 6.92 Å². The minimum absolute atomic E-state index is 0. The maximum Gasteiger partial charge on any atom is 0.321 e. The van der Waals surface area contributed by atoms with E-state index in [1.54, 1.807) is 0 Å². The summed E-state index contributed by atoms with van der Waals surface area (Å²) in [5.41, 5.74) is 5.57. The van der Waals surface area contributed by atoms with E-state index in [4.69, 9.17) is 5.73 Å². The van der Waals surface area contributed by atoms with Crippen molar-refractivity contribution >= 4 is 24.3 Å². The van der Waals surface area contributed by atoms with Gasteiger partial charge in [0.2, 0.25) is 5.91 Å². The smallest absolute Gasteiger partial charge is 0.321 e. The number of carbonyl (C=O) groups excluding carboxylic acids is 2. The van der Waals surface area contributed by atoms with Crippen LogP contribution in [-0.2, 0) is 4.79 Å². The summed E-state index contributed by atoms with van der Waals surface area (Å²) in [5.74, 6) is 0.321. The molecule has 1 aliphatic heterocycles. The first-order valence-corrected chi connectivity index (χ1v) is 6.55. The van der Waals surface area contributed by atoms with Crippen molar-refractivity contribution in [3.05, 3.63) is 0 Å². The van der Waals surface area contributed by atoms with Crippen LogP contribution >= 0.6 is 12.4 Å². The average molecular weight is 293 g/mol. The highest BCUT2D eigenvalue weighted by Gasteiger charge is 2.27. The largest absolute Gasteiger partial charge is 0.341 e. The molecule has 3 amide bonds. The van der Waals surface area contributed by atoms with Gasteiger partial charge in [-0.2, -0.15) is 0 Å². The molecule has 2 atom stereocenters. The van der Waals surface area contributed by atoms with E-state index in [0.29, 0.717) is 12.5 Å². The minimum atomic E-state index is -0.456. The quantitative estimate of drug-likeness (QED) is 0.696. The van der Waals surface area contributed by atoms with E-state index in [9.17, 15) is 9.59 Å². The molecule has 0 saturated carbocycles. The third kappa shape index (κ3) is 5.76. The van der Waals surface area contributed by atoms with Crippen LogP contribution in [0.5, 0.6) is 0 Å². The Kier molecular flexibility index (Phi) is 8.71. The number of halogens is 1. The summed E-state index contributed by atoms with van der Waals surface area (Å²) < 4.78 is 0. The fourth-order valence-corrected chi connectivity index (χ4v) is 2.37. The van der Waals surface area contributed by atoms with E-state index in [1.165, 1.54) is 13.5 Å². The lowest BCUT2D eigenvalue weighted by molar-refractivity contribution is -0.125. The molecule has 7 heteroatoms. The van der Waals surface area contributed by atoms with Crippen molar-refractivity contribution < 1.29 is 9.59 Å². The lowest BCUT2D eigenvalue weighted by Gasteiger charge is -2.35. The highest BCUT2D eigenvalue weighted by molar-refractivity contribution is 5.96. The van der Waals surface area contributed by atoms with Crippen molar-refractivity contribution in [1.82, 2.24) is 15.5 Å². The summed E-state index contributed by atoms with van der Waals surface area (Å²) >= 11 is 0. The normalized spacial score (nSPS) is 21.1. The van der Waals surface area contributed by atoms with E-state index in [0.717, 1.165) is 25.9 Å². The Balaban J connectivity index is 0.00000324. The number of imide groups is 1. The molecule has 0 aromatic rings. The number of carbonyl (C=O) groups is 2. The van der Waals surface area contributed by atoms with Gasteiger partial charge in [0.1, 0.15) is 0 Å². The first-order valence-electron chi connectivity index (χ1n) is 6.55. The molecule has 0 aromatic carbocycles. The van der Waals surface area contributed by atoms with Crippen LogP contribution in [0, 0.1) is 5.92 Å². The number of urea groups is 1. The zero-order valence-electron chi connectivity index (χ0n) is 11.6. The van der Waals surface area contributed by atoms with Crippen LogP contribution in [-0.4, -0.2) is 49.6 Å². The van der Waals surface area contributed by atoms with Crippen LogP contribution in [0.3, 0.4) is 0 Å². The number of nitrogens with two attached hydrogens (primary N) is 1. The van der Waals surface area contributed by atoms with Crippen LogP contribution in [0.25, 0.3) is 0 Å². The second-order valence-corrected chi connectivity index (χ2v) is 4.82. The summed E-state index contributed by atoms with van der Waals surface area (Å²) in [6.07, 6.45) is 3.26. The fourth-order valence-electron chi connectivity index (χ4n) is 2.37. The van der Waals surface area contributed by atoms with Crippen molar-refractivity contribution in [3.8, 4) is 0 Å². The number of rotatable bonds is 4. The van der Waals surface area contributed by atoms with E-state index in [-0.39, 0.29) is 24.4 Å². The maximum absolute atomic E-state index is 11.8. The predicted octanol–water partition coefficient (Wildman–Crippen LogP) is 0.313. The van der Waals surface area contributed by atoms with E-state index < -0.39 is 6.03 Å². The van der Waals surface area contributed by atoms with Crippen molar-refractivity contribution in [1.29, 1.82) is 0 Å². The van der Waals surface area contributed by atoms with Crippen LogP contribution in [0.4, 0.5) is 4.79 Å². The van der Waals surface area contributed by atoms with Crippen LogP contribution in [0.2, 0.25) is 0 Å². The average Bonchev–Trinajstić information content (AvgIpc) is 2.38. The molecule has 112 valence electrons. The standard InChI is InChI=1S/C12H24N4O2.ClH/c1-9(11(17)15-12(18)14-2)16-7-3-4-10(8-16)5-6-13;/h9-10H,3-8,13H2,1-2H3,(H2,14,15,17,18);1H. The molecule has 1 heterocycles. The molecule has 0 aromatic heterocycles. The second kappa shape index (κ2) is 9.12. The number of hydrogen-bond donors (Lipinski definition) is 3. The number of amides is 3. The Hall–Kier alpha value is -0.850. The molecule has 4 N–H and O–H groups in total. The third-order valence-corrected chi connectivity index (χ3v) is 3.52. The van der Waals surface area contributed by atoms with Gasteiger partial charge in [-0.1, -0.05) is 0 Å². The zero-order valence-corrected chi connectivity index (χ0v) is 12.5. The second-order valence-electron chi connectivity index (χ2n) is 4.82. The summed E-state index contributed by atoms with van der Waals surface area (Å²) in [7, 11) is 1.49. The first-order chi connectivity index (χ1) is 8.58. The summed E-state index contributed by atoms with van der Waals surface area (Å²) in [6, 6.07) is -0.731. The van der Waals surface area contributed by atoms with Gasteiger partial charge in [0.05, 0.1) is 6.04 Å². The molecule has 1 aliphatic rings. The molecule has 0 aliphatic carbocycles. The van der Waals surface area contributed by atoms with Crippen molar-refractivity contribution in [2.75, 3.05) is 26.7 Å². The number of likely N-dealkylation sites (tertiary alicyclic amines) is 1. The molecule has 2 unspecified atom stereocenters. The maximum atomic E-state index is 11.8. The number of nitrogens with zero attached hydrogens (tertiary/aromatic N) is 1. The van der Waals surface area contributed by atoms with Gasteiger partial charge in [0, 0.05) is 13.6 Å². The molecule has 6 nitrogen and oxygen atoms in total. The topological polar surface area (TPSA) is 87.5 Å². The Morgan fingerprint density at radius 1 is 1.47 bits per heavy atom. The molecule has 0 radical (unpaired) electrons. The van der Waals surface area contributed by atoms with Crippen LogP contribution < -0.4 is 16.4 Å². The van der Waals surface area contributed by atoms with Crippen molar-refractivity contribution in [2.45, 2.75) is 32.2 Å². The summed E-state index contributed by atoms with van der Waals surface area (Å²) in [6.45, 7) is 4.32. The van der Waals surface area contributed by atoms with E-state index in [2.05, 4.69) is 15.5 Å². The van der Waals surface area contributed by atoms with Gasteiger partial charge in [0.15, 0.2) is 0 Å². The lowest BCUT2D eigenvalue weighted by Crippen LogP contribution is -2.51. The van der Waals surface area contributed by atoms with Gasteiger partial charge >= 0.3 is 6.03 Å². The zero-order chi connectivity index (χ0) is 13.5. The highest BCUT2D eigenvalue weighted by Crippen LogP contribution is 2.20. The number of piperidine rings is 1. The van der Waals surface area contributed by atoms with Crippen LogP contribution in [0.15, 0.2) is 0 Å². The Morgan fingerprint density at radius 2 is 2.16 bits per heavy atom. The Morgan fingerprint density at radius 3 is 2.74 bits per heavy atom. The summed E-state index contributed by atoms with van der Waals surface area (Å²) in [5, 5.41) is 4.69. The lowest BCUT2D eigenvalue weighted by atomic mass is 9.94. The van der Waals surface area contributed by atoms with Gasteiger partial charge in [0.25, 0.3) is 0 Å². The first kappa shape index (κ1) is 18.1. The highest BCUT2D eigenvalue weighted by atomic mass is 35.5. The van der Waals surface area contributed by atoms with Crippen LogP contribution in [0.1, 0.15) is 26.2 Å². The minimum Gasteiger partial charge on any atom is -0.341 e. The summed E-state index contributed by atoms with van der Waals surface area (Å²) in [4.78, 5) is 25.1. The molecule has 0 bridgehead atoms. The van der Waals surface area contributed by atoms with E-state index >= 15 is 0 Å². The van der Waals surface area contributed by atoms with Crippen molar-refractivity contribution in [2.24, 2.45) is 11.7 Å². The third-order valence-electron chi connectivity index (χ3n) is 3.52. The molecule has 1 fully saturated rings. The molecular formula is C12H25ClN4O2. The van der Waals surface area contributed by atoms with Gasteiger partial charge in [-0.05, 0) is 45.2 Å². The molecule has 1 rings (SSSR count). The SMILES string of the molecule is CNC(=O)NC(=O)C(C)N1CCCC(CCN)C1.Cl. The predicted molar refractivity (Wildman–Crippen MR) is 77.3 cm³/mol. The fraction of sp³-hybridized carbons (Fsp3) is 0.833. The molecule has 1 saturated heterocycles. The van der Waals surface area contributed by atoms with Gasteiger partial charge in [-0.15, -0.1) is 12.4 Å². The van der Waals surface area contributed by atoms with Gasteiger partial charge in [-0.3, -0.25) is 15.0 Å². The van der Waals surface area contributed by atoms with Gasteiger partial charge in [-0.25, -0.2) is 4.79 Å². The Bertz CT molecular complexity index is 299. The monoisotopic (exact) mass is 292 g/mol.